The number of carbonyl (C=O) groups excluding carboxylic acids is 1. The van der Waals surface area contributed by atoms with E-state index in [-0.39, 0.29) is 30.1 Å². The van der Waals surface area contributed by atoms with Gasteiger partial charge in [-0.05, 0) is 31.5 Å². The molecule has 0 bridgehead atoms. The quantitative estimate of drug-likeness (QED) is 0.558. The number of hydrogen-bond donors (Lipinski definition) is 1. The van der Waals surface area contributed by atoms with E-state index in [0.717, 1.165) is 6.42 Å². The van der Waals surface area contributed by atoms with Crippen LogP contribution in [0.5, 0.6) is 11.5 Å². The second kappa shape index (κ2) is 9.60. The lowest BCUT2D eigenvalue weighted by molar-refractivity contribution is -0.126. The van der Waals surface area contributed by atoms with Gasteiger partial charge < -0.3 is 19.6 Å². The Balaban J connectivity index is 2.55. The molecule has 0 aliphatic heterocycles. The van der Waals surface area contributed by atoms with E-state index < -0.39 is 6.61 Å². The summed E-state index contributed by atoms with van der Waals surface area (Å²) in [5, 5.41) is 6.38. The molecule has 0 heterocycles. The van der Waals surface area contributed by atoms with Crippen LogP contribution in [0.15, 0.2) is 23.4 Å². The number of rotatable bonds is 9. The summed E-state index contributed by atoms with van der Waals surface area (Å²) in [6.45, 7) is 0.704. The number of carbonyl (C=O) groups is 1. The van der Waals surface area contributed by atoms with Gasteiger partial charge in [0.05, 0.1) is 13.3 Å². The van der Waals surface area contributed by atoms with Crippen LogP contribution in [0.4, 0.5) is 8.78 Å². The van der Waals surface area contributed by atoms with Gasteiger partial charge in [-0.15, -0.1) is 0 Å². The minimum Gasteiger partial charge on any atom is -0.493 e. The summed E-state index contributed by atoms with van der Waals surface area (Å²) in [4.78, 5) is 16.3. The summed E-state index contributed by atoms with van der Waals surface area (Å²) in [6, 6.07) is 4.37. The van der Waals surface area contributed by atoms with Gasteiger partial charge in [-0.3, -0.25) is 4.79 Å². The second-order valence-electron chi connectivity index (χ2n) is 4.67. The molecule has 0 spiro atoms. The molecule has 0 aliphatic rings. The van der Waals surface area contributed by atoms with Crippen molar-refractivity contribution in [3.8, 4) is 11.5 Å². The standard InChI is InChI=1S/C15H20F2N2O4/c1-4-10(2)19-14(20)9-22-18-8-11-5-6-12(23-15(16)17)13(7-11)21-3/h5-8,10,15H,4,9H2,1-3H3,(H,19,20)/b18-8+. The van der Waals surface area contributed by atoms with Gasteiger partial charge in [0, 0.05) is 11.6 Å². The minimum absolute atomic E-state index is 0.0710. The van der Waals surface area contributed by atoms with Crippen molar-refractivity contribution < 1.29 is 27.9 Å². The van der Waals surface area contributed by atoms with E-state index in [0.29, 0.717) is 5.56 Å². The number of nitrogens with one attached hydrogen (secondary N) is 1. The molecule has 0 aliphatic carbocycles. The van der Waals surface area contributed by atoms with E-state index in [4.69, 9.17) is 9.57 Å². The maximum Gasteiger partial charge on any atom is 0.387 e. The molecule has 1 aromatic rings. The van der Waals surface area contributed by atoms with Crippen LogP contribution in [0.1, 0.15) is 25.8 Å². The average molecular weight is 330 g/mol. The molecule has 0 fully saturated rings. The Labute approximate surface area is 133 Å². The third-order valence-corrected chi connectivity index (χ3v) is 2.90. The highest BCUT2D eigenvalue weighted by atomic mass is 19.3. The Morgan fingerprint density at radius 1 is 1.39 bits per heavy atom. The fourth-order valence-corrected chi connectivity index (χ4v) is 1.57. The molecule has 1 aromatic carbocycles. The summed E-state index contributed by atoms with van der Waals surface area (Å²) in [5.41, 5.74) is 0.547. The average Bonchev–Trinajstić information content (AvgIpc) is 2.52. The van der Waals surface area contributed by atoms with E-state index in [1.807, 2.05) is 13.8 Å². The molecule has 6 nitrogen and oxygen atoms in total. The molecule has 23 heavy (non-hydrogen) atoms. The van der Waals surface area contributed by atoms with Crippen LogP contribution in [-0.2, 0) is 9.63 Å². The predicted molar refractivity (Wildman–Crippen MR) is 81.1 cm³/mol. The van der Waals surface area contributed by atoms with Gasteiger partial charge >= 0.3 is 6.61 Å². The first-order chi connectivity index (χ1) is 11.0. The Morgan fingerprint density at radius 3 is 2.74 bits per heavy atom. The third kappa shape index (κ3) is 6.94. The number of nitrogens with zero attached hydrogens (tertiary/aromatic N) is 1. The number of oxime groups is 1. The number of hydrogen-bond acceptors (Lipinski definition) is 5. The number of methoxy groups -OCH3 is 1. The highest BCUT2D eigenvalue weighted by Crippen LogP contribution is 2.28. The van der Waals surface area contributed by atoms with Crippen molar-refractivity contribution in [1.82, 2.24) is 5.32 Å². The lowest BCUT2D eigenvalue weighted by Gasteiger charge is -2.10. The zero-order valence-electron chi connectivity index (χ0n) is 13.2. The highest BCUT2D eigenvalue weighted by Gasteiger charge is 2.10. The van der Waals surface area contributed by atoms with Gasteiger partial charge in [0.1, 0.15) is 0 Å². The van der Waals surface area contributed by atoms with Crippen molar-refractivity contribution in [2.24, 2.45) is 5.16 Å². The zero-order chi connectivity index (χ0) is 17.2. The molecule has 0 aromatic heterocycles. The summed E-state index contributed by atoms with van der Waals surface area (Å²) >= 11 is 0. The molecule has 1 rings (SSSR count). The van der Waals surface area contributed by atoms with Crippen LogP contribution in [0, 0.1) is 0 Å². The normalized spacial score (nSPS) is 12.3. The third-order valence-electron chi connectivity index (χ3n) is 2.90. The Morgan fingerprint density at radius 2 is 2.13 bits per heavy atom. The molecule has 1 unspecified atom stereocenters. The molecule has 1 atom stereocenters. The Bertz CT molecular complexity index is 538. The smallest absolute Gasteiger partial charge is 0.387 e. The van der Waals surface area contributed by atoms with Crippen molar-refractivity contribution in [2.75, 3.05) is 13.7 Å². The van der Waals surface area contributed by atoms with E-state index in [2.05, 4.69) is 15.2 Å². The fraction of sp³-hybridized carbons (Fsp3) is 0.467. The summed E-state index contributed by atoms with van der Waals surface area (Å²) in [6.07, 6.45) is 2.16. The van der Waals surface area contributed by atoms with Gasteiger partial charge in [0.15, 0.2) is 18.1 Å². The zero-order valence-corrected chi connectivity index (χ0v) is 13.2. The van der Waals surface area contributed by atoms with Crippen LogP contribution in [0.3, 0.4) is 0 Å². The molecular weight excluding hydrogens is 310 g/mol. The maximum absolute atomic E-state index is 12.2. The van der Waals surface area contributed by atoms with Gasteiger partial charge in [-0.25, -0.2) is 0 Å². The van der Waals surface area contributed by atoms with Crippen molar-refractivity contribution in [3.63, 3.8) is 0 Å². The number of halogens is 2. The summed E-state index contributed by atoms with van der Waals surface area (Å²) in [7, 11) is 1.34. The lowest BCUT2D eigenvalue weighted by atomic mass is 10.2. The van der Waals surface area contributed by atoms with Gasteiger partial charge in [0.2, 0.25) is 0 Å². The number of alkyl halides is 2. The molecule has 0 radical (unpaired) electrons. The molecule has 8 heteroatoms. The predicted octanol–water partition coefficient (Wildman–Crippen LogP) is 2.56. The Hall–Kier alpha value is -2.38. The van der Waals surface area contributed by atoms with Crippen molar-refractivity contribution in [3.05, 3.63) is 23.8 Å². The van der Waals surface area contributed by atoms with Gasteiger partial charge in [0.25, 0.3) is 5.91 Å². The molecule has 0 saturated heterocycles. The van der Waals surface area contributed by atoms with E-state index >= 15 is 0 Å². The van der Waals surface area contributed by atoms with E-state index in [9.17, 15) is 13.6 Å². The summed E-state index contributed by atoms with van der Waals surface area (Å²) < 4.78 is 33.7. The van der Waals surface area contributed by atoms with Crippen molar-refractivity contribution in [2.45, 2.75) is 32.9 Å². The van der Waals surface area contributed by atoms with Gasteiger partial charge in [-0.2, -0.15) is 8.78 Å². The van der Waals surface area contributed by atoms with Gasteiger partial charge in [-0.1, -0.05) is 12.1 Å². The van der Waals surface area contributed by atoms with Crippen LogP contribution in [0.25, 0.3) is 0 Å². The Kier molecular flexibility index (Phi) is 7.79. The summed E-state index contributed by atoms with van der Waals surface area (Å²) in [5.74, 6) is -0.202. The first-order valence-corrected chi connectivity index (χ1v) is 7.03. The van der Waals surface area contributed by atoms with Crippen LogP contribution >= 0.6 is 0 Å². The molecular formula is C15H20F2N2O4. The highest BCUT2D eigenvalue weighted by molar-refractivity contribution is 5.81. The topological polar surface area (TPSA) is 69.2 Å². The largest absolute Gasteiger partial charge is 0.493 e. The number of benzene rings is 1. The number of amides is 1. The maximum atomic E-state index is 12.2. The lowest BCUT2D eigenvalue weighted by Crippen LogP contribution is -2.34. The second-order valence-corrected chi connectivity index (χ2v) is 4.67. The molecule has 1 amide bonds. The molecule has 1 N–H and O–H groups in total. The first-order valence-electron chi connectivity index (χ1n) is 7.03. The van der Waals surface area contributed by atoms with Crippen molar-refractivity contribution >= 4 is 12.1 Å². The molecule has 128 valence electrons. The fourth-order valence-electron chi connectivity index (χ4n) is 1.57. The first kappa shape index (κ1) is 18.7. The van der Waals surface area contributed by atoms with Crippen LogP contribution in [-0.4, -0.2) is 38.5 Å². The minimum atomic E-state index is -2.93. The number of ether oxygens (including phenoxy) is 2. The van der Waals surface area contributed by atoms with Crippen molar-refractivity contribution in [1.29, 1.82) is 0 Å². The van der Waals surface area contributed by atoms with Crippen LogP contribution in [0.2, 0.25) is 0 Å². The van der Waals surface area contributed by atoms with E-state index in [1.54, 1.807) is 0 Å². The van der Waals surface area contributed by atoms with Crippen LogP contribution < -0.4 is 14.8 Å². The monoisotopic (exact) mass is 330 g/mol. The SMILES string of the molecule is CCC(C)NC(=O)CO/N=C/c1ccc(OC(F)F)c(OC)c1. The molecule has 0 saturated carbocycles. The van der Waals surface area contributed by atoms with E-state index in [1.165, 1.54) is 31.5 Å².